The number of rotatable bonds is 1. The minimum atomic E-state index is -0.756. The van der Waals surface area contributed by atoms with Crippen LogP contribution in [-0.2, 0) is 5.41 Å². The molecule has 3 heterocycles. The van der Waals surface area contributed by atoms with Gasteiger partial charge in [-0.15, -0.1) is 0 Å². The van der Waals surface area contributed by atoms with E-state index >= 15 is 0 Å². The molecule has 3 aliphatic heterocycles. The van der Waals surface area contributed by atoms with Gasteiger partial charge >= 0.3 is 0 Å². The Hall–Kier alpha value is -1.76. The molecule has 6 heteroatoms. The van der Waals surface area contributed by atoms with Gasteiger partial charge in [0.25, 0.3) is 0 Å². The Kier molecular flexibility index (Phi) is 2.62. The zero-order chi connectivity index (χ0) is 15.8. The lowest BCUT2D eigenvalue weighted by molar-refractivity contribution is -0.0378. The average Bonchev–Trinajstić information content (AvgIpc) is 3.13. The fraction of sp³-hybridized carbons (Fsp3) is 0.529. The Morgan fingerprint density at radius 2 is 2.22 bits per heavy atom. The summed E-state index contributed by atoms with van der Waals surface area (Å²) in [6.07, 6.45) is 4.31. The molecule has 0 spiro atoms. The predicted molar refractivity (Wildman–Crippen MR) is 80.6 cm³/mol. The molecule has 122 valence electrons. The Morgan fingerprint density at radius 3 is 3.04 bits per heavy atom. The van der Waals surface area contributed by atoms with Crippen molar-refractivity contribution in [3.8, 4) is 17.2 Å². The molecular weight excluding hydrogens is 298 g/mol. The molecule has 1 fully saturated rings. The maximum atomic E-state index is 11.0. The molecular formula is C17H19NO5. The van der Waals surface area contributed by atoms with Crippen LogP contribution in [0.15, 0.2) is 18.2 Å². The van der Waals surface area contributed by atoms with Crippen LogP contribution in [0.1, 0.15) is 30.2 Å². The highest BCUT2D eigenvalue weighted by atomic mass is 16.7. The van der Waals surface area contributed by atoms with Gasteiger partial charge in [-0.25, -0.2) is 0 Å². The molecule has 1 aromatic rings. The summed E-state index contributed by atoms with van der Waals surface area (Å²) < 4.78 is 16.7. The van der Waals surface area contributed by atoms with Gasteiger partial charge in [-0.1, -0.05) is 12.2 Å². The Labute approximate surface area is 133 Å². The van der Waals surface area contributed by atoms with E-state index in [1.165, 1.54) is 0 Å². The molecule has 4 aliphatic rings. The Morgan fingerprint density at radius 1 is 1.35 bits per heavy atom. The molecule has 6 nitrogen and oxygen atoms in total. The first-order valence-corrected chi connectivity index (χ1v) is 7.98. The molecule has 5 atom stereocenters. The van der Waals surface area contributed by atoms with Crippen molar-refractivity contribution in [1.82, 2.24) is 4.90 Å². The molecule has 5 rings (SSSR count). The first-order valence-electron chi connectivity index (χ1n) is 7.98. The molecule has 1 aromatic carbocycles. The minimum Gasteiger partial charge on any atom is -0.492 e. The van der Waals surface area contributed by atoms with Gasteiger partial charge in [0.05, 0.1) is 13.2 Å². The quantitative estimate of drug-likeness (QED) is 0.755. The number of fused-ring (bicyclic) bond motifs is 2. The summed E-state index contributed by atoms with van der Waals surface area (Å²) in [4.78, 5) is 2.07. The van der Waals surface area contributed by atoms with Crippen LogP contribution in [0.2, 0.25) is 0 Å². The van der Waals surface area contributed by atoms with E-state index < -0.39 is 12.3 Å². The molecule has 0 saturated carbocycles. The molecule has 23 heavy (non-hydrogen) atoms. The van der Waals surface area contributed by atoms with E-state index in [9.17, 15) is 10.2 Å². The van der Waals surface area contributed by atoms with Crippen LogP contribution in [0, 0.1) is 0 Å². The highest BCUT2D eigenvalue weighted by Crippen LogP contribution is 2.59. The third kappa shape index (κ3) is 1.53. The zero-order valence-corrected chi connectivity index (χ0v) is 12.9. The van der Waals surface area contributed by atoms with Gasteiger partial charge in [-0.05, 0) is 24.5 Å². The van der Waals surface area contributed by atoms with Crippen LogP contribution in [0.5, 0.6) is 17.2 Å². The van der Waals surface area contributed by atoms with Crippen molar-refractivity contribution in [2.45, 2.75) is 36.6 Å². The van der Waals surface area contributed by atoms with Crippen LogP contribution in [0.4, 0.5) is 0 Å². The van der Waals surface area contributed by atoms with Gasteiger partial charge in [0, 0.05) is 23.6 Å². The first kappa shape index (κ1) is 13.7. The maximum absolute atomic E-state index is 11.0. The van der Waals surface area contributed by atoms with Gasteiger partial charge in [-0.3, -0.25) is 4.90 Å². The van der Waals surface area contributed by atoms with Gasteiger partial charge in [0.1, 0.15) is 6.23 Å². The van der Waals surface area contributed by atoms with Crippen LogP contribution in [-0.4, -0.2) is 47.7 Å². The summed E-state index contributed by atoms with van der Waals surface area (Å²) in [6.45, 7) is 0.951. The fourth-order valence-corrected chi connectivity index (χ4v) is 4.80. The number of ether oxygens (including phenoxy) is 3. The summed E-state index contributed by atoms with van der Waals surface area (Å²) in [6, 6.07) is 2.08. The van der Waals surface area contributed by atoms with Gasteiger partial charge in [0.15, 0.2) is 11.5 Å². The highest BCUT2D eigenvalue weighted by Gasteiger charge is 2.57. The summed E-state index contributed by atoms with van der Waals surface area (Å²) in [7, 11) is 1.59. The van der Waals surface area contributed by atoms with Crippen molar-refractivity contribution in [2.75, 3.05) is 20.4 Å². The monoisotopic (exact) mass is 317 g/mol. The molecule has 0 amide bonds. The lowest BCUT2D eigenvalue weighted by atomic mass is 9.66. The largest absolute Gasteiger partial charge is 0.492 e. The minimum absolute atomic E-state index is 0.0927. The zero-order valence-electron chi connectivity index (χ0n) is 12.9. The second-order valence-corrected chi connectivity index (χ2v) is 6.68. The molecule has 0 radical (unpaired) electrons. The van der Waals surface area contributed by atoms with Crippen molar-refractivity contribution in [1.29, 1.82) is 0 Å². The fourth-order valence-electron chi connectivity index (χ4n) is 4.80. The van der Waals surface area contributed by atoms with Crippen LogP contribution >= 0.6 is 0 Å². The first-order chi connectivity index (χ1) is 11.2. The second kappa shape index (κ2) is 4.41. The van der Waals surface area contributed by atoms with Crippen LogP contribution < -0.4 is 14.2 Å². The third-order valence-corrected chi connectivity index (χ3v) is 5.80. The van der Waals surface area contributed by atoms with E-state index in [1.807, 2.05) is 12.1 Å². The Bertz CT molecular complexity index is 717. The van der Waals surface area contributed by atoms with Crippen molar-refractivity contribution < 1.29 is 24.4 Å². The number of methoxy groups -OCH3 is 1. The van der Waals surface area contributed by atoms with Crippen molar-refractivity contribution in [3.05, 3.63) is 29.3 Å². The van der Waals surface area contributed by atoms with Crippen LogP contribution in [0.25, 0.3) is 0 Å². The summed E-state index contributed by atoms with van der Waals surface area (Å²) in [5.41, 5.74) is 1.60. The van der Waals surface area contributed by atoms with E-state index in [0.29, 0.717) is 23.7 Å². The molecule has 5 unspecified atom stereocenters. The van der Waals surface area contributed by atoms with E-state index in [2.05, 4.69) is 11.0 Å². The Balaban J connectivity index is 1.81. The standard InChI is InChI=1S/C17H19NO5/c1-21-15-13-10(7-11-14(15)23-8-22-11)17-3-2-9(19)6-12(17)18(5-4-17)16(13)20/h2-3,7,9,12,16,19-20H,4-6,8H2,1H3. The number of aliphatic hydroxyl groups is 2. The average molecular weight is 317 g/mol. The number of nitrogens with zero attached hydrogens (tertiary/aromatic N) is 1. The molecule has 2 N–H and O–H groups in total. The van der Waals surface area contributed by atoms with E-state index in [4.69, 9.17) is 14.2 Å². The summed E-state index contributed by atoms with van der Waals surface area (Å²) in [5.74, 6) is 1.80. The van der Waals surface area contributed by atoms with Gasteiger partial charge < -0.3 is 24.4 Å². The summed E-state index contributed by atoms with van der Waals surface area (Å²) in [5, 5.41) is 21.0. The van der Waals surface area contributed by atoms with Gasteiger partial charge in [-0.2, -0.15) is 0 Å². The third-order valence-electron chi connectivity index (χ3n) is 5.80. The van der Waals surface area contributed by atoms with Gasteiger partial charge in [0.2, 0.25) is 12.5 Å². The normalized spacial score (nSPS) is 39.1. The highest BCUT2D eigenvalue weighted by molar-refractivity contribution is 5.65. The summed E-state index contributed by atoms with van der Waals surface area (Å²) >= 11 is 0. The molecule has 0 aromatic heterocycles. The van der Waals surface area contributed by atoms with Crippen LogP contribution in [0.3, 0.4) is 0 Å². The van der Waals surface area contributed by atoms with Crippen molar-refractivity contribution >= 4 is 0 Å². The second-order valence-electron chi connectivity index (χ2n) is 6.68. The van der Waals surface area contributed by atoms with Crippen molar-refractivity contribution in [3.63, 3.8) is 0 Å². The SMILES string of the molecule is COc1c2c(cc3c1C(O)N1CCC34C=CC(O)CC14)OCO2. The van der Waals surface area contributed by atoms with E-state index in [0.717, 1.165) is 24.1 Å². The van der Waals surface area contributed by atoms with Crippen molar-refractivity contribution in [2.24, 2.45) is 0 Å². The molecule has 2 bridgehead atoms. The molecule has 1 aliphatic carbocycles. The number of aliphatic hydroxyl groups excluding tert-OH is 2. The maximum Gasteiger partial charge on any atom is 0.231 e. The number of hydrogen-bond acceptors (Lipinski definition) is 6. The van der Waals surface area contributed by atoms with E-state index in [-0.39, 0.29) is 18.2 Å². The number of hydrogen-bond donors (Lipinski definition) is 2. The topological polar surface area (TPSA) is 71.4 Å². The predicted octanol–water partition coefficient (Wildman–Crippen LogP) is 1.06. The molecule has 1 saturated heterocycles. The number of benzene rings is 1. The lowest BCUT2D eigenvalue weighted by Crippen LogP contribution is -2.51. The lowest BCUT2D eigenvalue weighted by Gasteiger charge is -2.47. The van der Waals surface area contributed by atoms with E-state index in [1.54, 1.807) is 7.11 Å². The smallest absolute Gasteiger partial charge is 0.231 e.